The van der Waals surface area contributed by atoms with E-state index in [0.29, 0.717) is 16.1 Å². The van der Waals surface area contributed by atoms with Crippen LogP contribution in [0.2, 0.25) is 0 Å². The van der Waals surface area contributed by atoms with Crippen LogP contribution in [-0.2, 0) is 0 Å². The third-order valence-electron chi connectivity index (χ3n) is 2.89. The van der Waals surface area contributed by atoms with Gasteiger partial charge < -0.3 is 4.98 Å². The average Bonchev–Trinajstić information content (AvgIpc) is 2.57. The fourth-order valence-electron chi connectivity index (χ4n) is 1.87. The van der Waals surface area contributed by atoms with Crippen molar-refractivity contribution in [3.8, 4) is 0 Å². The van der Waals surface area contributed by atoms with Crippen molar-refractivity contribution in [3.63, 3.8) is 0 Å². The highest BCUT2D eigenvalue weighted by molar-refractivity contribution is 9.10. The predicted octanol–water partition coefficient (Wildman–Crippen LogP) is 4.17. The number of benzene rings is 1. The third kappa shape index (κ3) is 3.77. The number of rotatable bonds is 4. The maximum atomic E-state index is 4.47. The van der Waals surface area contributed by atoms with E-state index < -0.39 is 0 Å². The molecule has 0 bridgehead atoms. The van der Waals surface area contributed by atoms with Crippen molar-refractivity contribution < 1.29 is 4.68 Å². The Kier molecular flexibility index (Phi) is 4.56. The number of hydrogen-bond acceptors (Lipinski definition) is 2. The topological polar surface area (TPSA) is 43.8 Å². The molecule has 2 aromatic heterocycles. The molecule has 1 aromatic carbocycles. The Morgan fingerprint density at radius 3 is 2.45 bits per heavy atom. The second-order valence-electron chi connectivity index (χ2n) is 4.50. The summed E-state index contributed by atoms with van der Waals surface area (Å²) in [6, 6.07) is 15.8. The van der Waals surface area contributed by atoms with Gasteiger partial charge in [-0.05, 0) is 33.8 Å². The first-order valence-corrected chi connectivity index (χ1v) is 7.54. The van der Waals surface area contributed by atoms with Crippen LogP contribution in [0.3, 0.4) is 0 Å². The first-order chi connectivity index (χ1) is 10.8. The number of pyridine rings is 1. The maximum absolute atomic E-state index is 4.47. The van der Waals surface area contributed by atoms with Crippen LogP contribution in [0.15, 0.2) is 71.7 Å². The lowest BCUT2D eigenvalue weighted by atomic mass is 10.2. The molecular formula is C17H13BrN4. The molecule has 0 saturated carbocycles. The van der Waals surface area contributed by atoms with Crippen LogP contribution in [-0.4, -0.2) is 9.97 Å². The van der Waals surface area contributed by atoms with E-state index in [4.69, 9.17) is 0 Å². The van der Waals surface area contributed by atoms with Crippen molar-refractivity contribution in [1.82, 2.24) is 9.97 Å². The minimum atomic E-state index is 0.562. The Morgan fingerprint density at radius 2 is 1.68 bits per heavy atom. The average molecular weight is 353 g/mol. The summed E-state index contributed by atoms with van der Waals surface area (Å²) in [7, 11) is 0. The van der Waals surface area contributed by atoms with E-state index in [0.717, 1.165) is 5.56 Å². The van der Waals surface area contributed by atoms with Gasteiger partial charge in [-0.3, -0.25) is 0 Å². The van der Waals surface area contributed by atoms with E-state index in [-0.39, 0.29) is 0 Å². The van der Waals surface area contributed by atoms with Gasteiger partial charge in [0.2, 0.25) is 0 Å². The molecule has 5 heteroatoms. The second-order valence-corrected chi connectivity index (χ2v) is 5.31. The van der Waals surface area contributed by atoms with Crippen molar-refractivity contribution in [2.45, 2.75) is 0 Å². The molecule has 2 heterocycles. The summed E-state index contributed by atoms with van der Waals surface area (Å²) >= 11 is 3.35. The van der Waals surface area contributed by atoms with Gasteiger partial charge in [0.15, 0.2) is 12.4 Å². The van der Waals surface area contributed by atoms with Crippen LogP contribution in [0.25, 0.3) is 17.6 Å². The zero-order valence-electron chi connectivity index (χ0n) is 11.7. The maximum Gasteiger partial charge on any atom is 0.182 e. The molecule has 22 heavy (non-hydrogen) atoms. The van der Waals surface area contributed by atoms with E-state index >= 15 is 0 Å². The van der Waals surface area contributed by atoms with Gasteiger partial charge in [-0.2, -0.15) is 10.1 Å². The standard InChI is InChI=1S/C17H13BrN4/c18-16-13-19-17(21-22-11-5-2-6-12-22)15(20-16)10-9-14-7-3-1-4-8-14/h1-13H/b10-9+. The molecule has 0 atom stereocenters. The fraction of sp³-hybridized carbons (Fsp3) is 0. The first kappa shape index (κ1) is 14.4. The van der Waals surface area contributed by atoms with Crippen molar-refractivity contribution in [2.75, 3.05) is 0 Å². The van der Waals surface area contributed by atoms with Crippen LogP contribution in [0.4, 0.5) is 5.82 Å². The van der Waals surface area contributed by atoms with Gasteiger partial charge in [0.05, 0.1) is 5.69 Å². The summed E-state index contributed by atoms with van der Waals surface area (Å²) < 4.78 is 2.38. The van der Waals surface area contributed by atoms with Crippen LogP contribution < -0.4 is 4.68 Å². The van der Waals surface area contributed by atoms with E-state index in [1.165, 1.54) is 0 Å². The fourth-order valence-corrected chi connectivity index (χ4v) is 2.16. The quantitative estimate of drug-likeness (QED) is 0.661. The number of hydrogen-bond donors (Lipinski definition) is 0. The zero-order valence-corrected chi connectivity index (χ0v) is 13.3. The largest absolute Gasteiger partial charge is 0.434 e. The molecule has 0 unspecified atom stereocenters. The molecule has 0 aliphatic carbocycles. The van der Waals surface area contributed by atoms with E-state index in [9.17, 15) is 0 Å². The molecule has 0 fully saturated rings. The Hall–Kier alpha value is -2.53. The molecule has 0 N–H and O–H groups in total. The molecular weight excluding hydrogens is 340 g/mol. The highest BCUT2D eigenvalue weighted by Crippen LogP contribution is 2.21. The number of aromatic nitrogens is 3. The minimum absolute atomic E-state index is 0.562. The van der Waals surface area contributed by atoms with Crippen molar-refractivity contribution in [1.29, 1.82) is 0 Å². The zero-order chi connectivity index (χ0) is 15.2. The monoisotopic (exact) mass is 352 g/mol. The predicted molar refractivity (Wildman–Crippen MR) is 90.2 cm³/mol. The van der Waals surface area contributed by atoms with E-state index in [1.807, 2.05) is 73.1 Å². The van der Waals surface area contributed by atoms with Gasteiger partial charge in [0.1, 0.15) is 4.60 Å². The van der Waals surface area contributed by atoms with Crippen LogP contribution in [0, 0.1) is 0 Å². The third-order valence-corrected chi connectivity index (χ3v) is 3.28. The smallest absolute Gasteiger partial charge is 0.182 e. The summed E-state index contributed by atoms with van der Waals surface area (Å²) in [5.74, 6) is 0.562. The summed E-state index contributed by atoms with van der Waals surface area (Å²) in [5, 5.41) is 0. The normalized spacial score (nSPS) is 10.8. The Labute approximate surface area is 137 Å². The van der Waals surface area contributed by atoms with Gasteiger partial charge in [0, 0.05) is 18.0 Å². The summed E-state index contributed by atoms with van der Waals surface area (Å²) in [6.07, 6.45) is 9.26. The van der Waals surface area contributed by atoms with Crippen molar-refractivity contribution >= 4 is 33.9 Å². The van der Waals surface area contributed by atoms with Gasteiger partial charge in [0.25, 0.3) is 0 Å². The lowest BCUT2D eigenvalue weighted by Gasteiger charge is -2.11. The molecule has 108 valence electrons. The van der Waals surface area contributed by atoms with E-state index in [1.54, 1.807) is 10.9 Å². The molecule has 0 aliphatic rings. The molecule has 0 saturated heterocycles. The number of nitrogens with zero attached hydrogens (tertiary/aromatic N) is 4. The number of halogens is 1. The van der Waals surface area contributed by atoms with Crippen molar-refractivity contribution in [3.05, 3.63) is 88.4 Å². The van der Waals surface area contributed by atoms with Crippen LogP contribution >= 0.6 is 15.9 Å². The second kappa shape index (κ2) is 6.95. The SMILES string of the molecule is Brc1cnc([N-][n+]2ccccc2)c(/C=C/c2ccccc2)n1. The highest BCUT2D eigenvalue weighted by Gasteiger charge is 2.01. The van der Waals surface area contributed by atoms with Crippen molar-refractivity contribution in [2.24, 2.45) is 0 Å². The summed E-state index contributed by atoms with van der Waals surface area (Å²) in [4.78, 5) is 8.78. The van der Waals surface area contributed by atoms with Gasteiger partial charge in [-0.15, -0.1) is 0 Å². The minimum Gasteiger partial charge on any atom is -0.434 e. The van der Waals surface area contributed by atoms with Gasteiger partial charge in [-0.25, -0.2) is 4.98 Å². The lowest BCUT2D eigenvalue weighted by Crippen LogP contribution is -2.26. The molecule has 0 aliphatic heterocycles. The molecule has 0 amide bonds. The first-order valence-electron chi connectivity index (χ1n) is 6.75. The Bertz CT molecular complexity index is 773. The molecule has 0 radical (unpaired) electrons. The van der Waals surface area contributed by atoms with Gasteiger partial charge in [-0.1, -0.05) is 42.5 Å². The van der Waals surface area contributed by atoms with Crippen LogP contribution in [0.5, 0.6) is 0 Å². The van der Waals surface area contributed by atoms with E-state index in [2.05, 4.69) is 31.3 Å². The summed E-state index contributed by atoms with van der Waals surface area (Å²) in [6.45, 7) is 0. The lowest BCUT2D eigenvalue weighted by molar-refractivity contribution is -0.619. The molecule has 4 nitrogen and oxygen atoms in total. The molecule has 3 aromatic rings. The molecule has 0 spiro atoms. The highest BCUT2D eigenvalue weighted by atomic mass is 79.9. The Morgan fingerprint density at radius 1 is 0.955 bits per heavy atom. The van der Waals surface area contributed by atoms with Gasteiger partial charge >= 0.3 is 0 Å². The Balaban J connectivity index is 1.89. The summed E-state index contributed by atoms with van der Waals surface area (Å²) in [5.41, 5.74) is 6.27. The van der Waals surface area contributed by atoms with Crippen LogP contribution in [0.1, 0.15) is 11.3 Å². The molecule has 3 rings (SSSR count).